The summed E-state index contributed by atoms with van der Waals surface area (Å²) in [7, 11) is 2.00. The maximum absolute atomic E-state index is 12.1. The van der Waals surface area contributed by atoms with Gasteiger partial charge in [-0.25, -0.2) is 4.98 Å². The first-order valence-corrected chi connectivity index (χ1v) is 10.9. The van der Waals surface area contributed by atoms with Crippen molar-refractivity contribution in [2.24, 2.45) is 0 Å². The molecular weight excluding hydrogens is 402 g/mol. The van der Waals surface area contributed by atoms with Crippen molar-refractivity contribution in [1.29, 1.82) is 0 Å². The molecule has 0 N–H and O–H groups in total. The molecule has 0 aliphatic rings. The average molecular weight is 434 g/mol. The number of hydrogen-bond donors (Lipinski definition) is 0. The summed E-state index contributed by atoms with van der Waals surface area (Å²) in [6.45, 7) is 5.10. The minimum Gasteiger partial charge on any atom is -0.492 e. The molecule has 1 heterocycles. The molecule has 32 heavy (non-hydrogen) atoms. The first kappa shape index (κ1) is 23.3. The van der Waals surface area contributed by atoms with Crippen molar-refractivity contribution in [1.82, 2.24) is 9.88 Å². The zero-order chi connectivity index (χ0) is 22.6. The number of carbonyl (C=O) groups is 1. The molecule has 0 unspecified atom stereocenters. The topological polar surface area (TPSA) is 54.9 Å². The number of aromatic nitrogens is 1. The van der Waals surface area contributed by atoms with Gasteiger partial charge in [-0.3, -0.25) is 9.69 Å². The molecule has 6 heteroatoms. The van der Waals surface area contributed by atoms with Gasteiger partial charge in [0.25, 0.3) is 0 Å². The van der Waals surface area contributed by atoms with Crippen LogP contribution < -0.4 is 9.64 Å². The fourth-order valence-electron chi connectivity index (χ4n) is 3.34. The SMILES string of the molecule is CCOC(=O)CN(Cc1ccccc1)Cc1ccc(OCCN(C)c2ccccn2)cc1. The maximum Gasteiger partial charge on any atom is 0.320 e. The Labute approximate surface area is 190 Å². The molecule has 0 fully saturated rings. The van der Waals surface area contributed by atoms with Gasteiger partial charge >= 0.3 is 5.97 Å². The Hall–Kier alpha value is -3.38. The molecule has 0 radical (unpaired) electrons. The van der Waals surface area contributed by atoms with Crippen molar-refractivity contribution in [2.45, 2.75) is 20.0 Å². The highest BCUT2D eigenvalue weighted by molar-refractivity contribution is 5.71. The smallest absolute Gasteiger partial charge is 0.320 e. The van der Waals surface area contributed by atoms with E-state index in [-0.39, 0.29) is 12.5 Å². The van der Waals surface area contributed by atoms with Gasteiger partial charge in [0.15, 0.2) is 0 Å². The summed E-state index contributed by atoms with van der Waals surface area (Å²) in [4.78, 5) is 20.6. The molecule has 3 rings (SSSR count). The minimum absolute atomic E-state index is 0.208. The van der Waals surface area contributed by atoms with Crippen LogP contribution in [0.1, 0.15) is 18.1 Å². The van der Waals surface area contributed by atoms with E-state index in [1.807, 2.05) is 74.6 Å². The Kier molecular flexibility index (Phi) is 9.07. The largest absolute Gasteiger partial charge is 0.492 e. The van der Waals surface area contributed by atoms with Crippen molar-refractivity contribution < 1.29 is 14.3 Å². The molecule has 0 aliphatic heterocycles. The molecule has 6 nitrogen and oxygen atoms in total. The number of rotatable bonds is 12. The summed E-state index contributed by atoms with van der Waals surface area (Å²) in [5, 5.41) is 0. The molecule has 0 bridgehead atoms. The highest BCUT2D eigenvalue weighted by Gasteiger charge is 2.13. The molecule has 3 aromatic rings. The first-order valence-electron chi connectivity index (χ1n) is 10.9. The van der Waals surface area contributed by atoms with Crippen molar-refractivity contribution in [2.75, 3.05) is 38.3 Å². The van der Waals surface area contributed by atoms with Gasteiger partial charge in [-0.2, -0.15) is 0 Å². The van der Waals surface area contributed by atoms with E-state index in [4.69, 9.17) is 9.47 Å². The minimum atomic E-state index is -0.208. The molecule has 2 aromatic carbocycles. The summed E-state index contributed by atoms with van der Waals surface area (Å²) in [6, 6.07) is 24.0. The van der Waals surface area contributed by atoms with Crippen molar-refractivity contribution in [3.8, 4) is 5.75 Å². The summed E-state index contributed by atoms with van der Waals surface area (Å²) in [6.07, 6.45) is 1.79. The third-order valence-electron chi connectivity index (χ3n) is 4.97. The van der Waals surface area contributed by atoms with Gasteiger partial charge < -0.3 is 14.4 Å². The molecular formula is C26H31N3O3. The predicted octanol–water partition coefficient (Wildman–Crippen LogP) is 4.16. The maximum atomic E-state index is 12.1. The van der Waals surface area contributed by atoms with Gasteiger partial charge in [-0.1, -0.05) is 48.5 Å². The van der Waals surface area contributed by atoms with Crippen LogP contribution in [0.25, 0.3) is 0 Å². The lowest BCUT2D eigenvalue weighted by molar-refractivity contribution is -0.144. The van der Waals surface area contributed by atoms with Gasteiger partial charge in [-0.15, -0.1) is 0 Å². The average Bonchev–Trinajstić information content (AvgIpc) is 2.81. The van der Waals surface area contributed by atoms with Crippen LogP contribution in [0.2, 0.25) is 0 Å². The highest BCUT2D eigenvalue weighted by atomic mass is 16.5. The zero-order valence-electron chi connectivity index (χ0n) is 18.8. The Morgan fingerprint density at radius 2 is 1.59 bits per heavy atom. The molecule has 0 atom stereocenters. The van der Waals surface area contributed by atoms with Gasteiger partial charge in [0.05, 0.1) is 19.7 Å². The van der Waals surface area contributed by atoms with E-state index in [1.54, 1.807) is 6.20 Å². The quantitative estimate of drug-likeness (QED) is 0.400. The van der Waals surface area contributed by atoms with Gasteiger partial charge in [0, 0.05) is 26.3 Å². The van der Waals surface area contributed by atoms with E-state index in [9.17, 15) is 4.79 Å². The number of esters is 1. The van der Waals surface area contributed by atoms with Gasteiger partial charge in [0.1, 0.15) is 18.2 Å². The molecule has 1 aromatic heterocycles. The Morgan fingerprint density at radius 3 is 2.25 bits per heavy atom. The van der Waals surface area contributed by atoms with E-state index in [2.05, 4.69) is 26.9 Å². The summed E-state index contributed by atoms with van der Waals surface area (Å²) >= 11 is 0. The van der Waals surface area contributed by atoms with E-state index < -0.39 is 0 Å². The number of hydrogen-bond acceptors (Lipinski definition) is 6. The van der Waals surface area contributed by atoms with Crippen molar-refractivity contribution >= 4 is 11.8 Å². The van der Waals surface area contributed by atoms with Crippen molar-refractivity contribution in [3.05, 3.63) is 90.1 Å². The molecule has 0 spiro atoms. The number of pyridine rings is 1. The second-order valence-corrected chi connectivity index (χ2v) is 7.54. The van der Waals surface area contributed by atoms with Crippen LogP contribution in [0.15, 0.2) is 79.0 Å². The lowest BCUT2D eigenvalue weighted by atomic mass is 10.1. The van der Waals surface area contributed by atoms with Gasteiger partial charge in [-0.05, 0) is 42.3 Å². The summed E-state index contributed by atoms with van der Waals surface area (Å²) in [5.41, 5.74) is 2.27. The first-order chi connectivity index (χ1) is 15.6. The predicted molar refractivity (Wildman–Crippen MR) is 127 cm³/mol. The fraction of sp³-hybridized carbons (Fsp3) is 0.308. The second-order valence-electron chi connectivity index (χ2n) is 7.54. The van der Waals surface area contributed by atoms with Crippen molar-refractivity contribution in [3.63, 3.8) is 0 Å². The molecule has 0 amide bonds. The van der Waals surface area contributed by atoms with E-state index in [0.29, 0.717) is 26.3 Å². The number of carbonyl (C=O) groups excluding carboxylic acids is 1. The Morgan fingerprint density at radius 1 is 0.906 bits per heavy atom. The number of ether oxygens (including phenoxy) is 2. The molecule has 0 aliphatic carbocycles. The van der Waals surface area contributed by atoms with Crippen LogP contribution in [0.3, 0.4) is 0 Å². The highest BCUT2D eigenvalue weighted by Crippen LogP contribution is 2.16. The lowest BCUT2D eigenvalue weighted by Crippen LogP contribution is -2.30. The van der Waals surface area contributed by atoms with E-state index in [0.717, 1.165) is 29.2 Å². The Bertz CT molecular complexity index is 934. The molecule has 0 saturated heterocycles. The van der Waals surface area contributed by atoms with Crippen LogP contribution in [0.5, 0.6) is 5.75 Å². The third-order valence-corrected chi connectivity index (χ3v) is 4.97. The standard InChI is InChI=1S/C26H31N3O3/c1-3-31-26(30)21-29(19-22-9-5-4-6-10-22)20-23-12-14-24(15-13-23)32-18-17-28(2)25-11-7-8-16-27-25/h4-16H,3,17-21H2,1-2H3. The van der Waals surface area contributed by atoms with E-state index in [1.165, 1.54) is 0 Å². The van der Waals surface area contributed by atoms with Crippen LogP contribution in [0, 0.1) is 0 Å². The number of likely N-dealkylation sites (N-methyl/N-ethyl adjacent to an activating group) is 1. The van der Waals surface area contributed by atoms with E-state index >= 15 is 0 Å². The second kappa shape index (κ2) is 12.5. The fourth-order valence-corrected chi connectivity index (χ4v) is 3.34. The zero-order valence-corrected chi connectivity index (χ0v) is 18.8. The third kappa shape index (κ3) is 7.71. The van der Waals surface area contributed by atoms with Crippen LogP contribution in [-0.4, -0.2) is 49.2 Å². The normalized spacial score (nSPS) is 10.7. The van der Waals surface area contributed by atoms with Gasteiger partial charge in [0.2, 0.25) is 0 Å². The summed E-state index contributed by atoms with van der Waals surface area (Å²) in [5.74, 6) is 1.54. The molecule has 0 saturated carbocycles. The lowest BCUT2D eigenvalue weighted by Gasteiger charge is -2.22. The van der Waals surface area contributed by atoms with Crippen LogP contribution in [-0.2, 0) is 22.6 Å². The number of nitrogens with zero attached hydrogens (tertiary/aromatic N) is 3. The van der Waals surface area contributed by atoms with Crippen LogP contribution in [0.4, 0.5) is 5.82 Å². The molecule has 168 valence electrons. The number of anilines is 1. The monoisotopic (exact) mass is 433 g/mol. The summed E-state index contributed by atoms with van der Waals surface area (Å²) < 4.78 is 11.0. The van der Waals surface area contributed by atoms with Crippen LogP contribution >= 0.6 is 0 Å². The Balaban J connectivity index is 1.53. The number of benzene rings is 2.